The molecule has 0 bridgehead atoms. The maximum absolute atomic E-state index is 11.9. The van der Waals surface area contributed by atoms with Gasteiger partial charge in [-0.25, -0.2) is 8.42 Å². The third-order valence-electron chi connectivity index (χ3n) is 2.12. The standard InChI is InChI=1S/C10H12N4O2S/c1-14-6-5-10(12-14)13-17(15,16)9-4-2-3-8(11)7-9/h2-7H,11H2,1H3,(H,12,13). The van der Waals surface area contributed by atoms with Crippen LogP contribution >= 0.6 is 0 Å². The highest BCUT2D eigenvalue weighted by atomic mass is 32.2. The van der Waals surface area contributed by atoms with Gasteiger partial charge in [0.05, 0.1) is 4.90 Å². The minimum absolute atomic E-state index is 0.114. The van der Waals surface area contributed by atoms with E-state index in [2.05, 4.69) is 9.82 Å². The van der Waals surface area contributed by atoms with Crippen molar-refractivity contribution in [2.24, 2.45) is 7.05 Å². The summed E-state index contributed by atoms with van der Waals surface area (Å²) < 4.78 is 27.8. The lowest BCUT2D eigenvalue weighted by Gasteiger charge is -2.05. The Bertz CT molecular complexity index is 633. The van der Waals surface area contributed by atoms with E-state index < -0.39 is 10.0 Å². The molecule has 6 nitrogen and oxygen atoms in total. The molecule has 17 heavy (non-hydrogen) atoms. The third-order valence-corrected chi connectivity index (χ3v) is 3.47. The second-order valence-corrected chi connectivity index (χ2v) is 5.24. The number of hydrogen-bond donors (Lipinski definition) is 2. The van der Waals surface area contributed by atoms with E-state index in [-0.39, 0.29) is 10.7 Å². The predicted molar refractivity (Wildman–Crippen MR) is 64.9 cm³/mol. The number of benzene rings is 1. The summed E-state index contributed by atoms with van der Waals surface area (Å²) >= 11 is 0. The number of sulfonamides is 1. The van der Waals surface area contributed by atoms with E-state index >= 15 is 0 Å². The van der Waals surface area contributed by atoms with E-state index in [4.69, 9.17) is 5.73 Å². The van der Waals surface area contributed by atoms with Crippen molar-refractivity contribution in [3.8, 4) is 0 Å². The van der Waals surface area contributed by atoms with E-state index in [1.54, 1.807) is 31.4 Å². The molecule has 1 aromatic carbocycles. The molecule has 3 N–H and O–H groups in total. The average Bonchev–Trinajstić information content (AvgIpc) is 2.63. The van der Waals surface area contributed by atoms with Crippen molar-refractivity contribution < 1.29 is 8.42 Å². The Morgan fingerprint density at radius 1 is 1.35 bits per heavy atom. The zero-order valence-electron chi connectivity index (χ0n) is 9.16. The van der Waals surface area contributed by atoms with E-state index in [9.17, 15) is 8.42 Å². The van der Waals surface area contributed by atoms with Crippen LogP contribution in [0.15, 0.2) is 41.4 Å². The first-order chi connectivity index (χ1) is 7.97. The Hall–Kier alpha value is -2.02. The third kappa shape index (κ3) is 2.56. The number of nitrogen functional groups attached to an aromatic ring is 1. The lowest BCUT2D eigenvalue weighted by atomic mass is 10.3. The lowest BCUT2D eigenvalue weighted by molar-refractivity contribution is 0.601. The van der Waals surface area contributed by atoms with Gasteiger partial charge in [0.1, 0.15) is 0 Å². The van der Waals surface area contributed by atoms with Gasteiger partial charge in [-0.05, 0) is 18.2 Å². The van der Waals surface area contributed by atoms with E-state index in [0.717, 1.165) is 0 Å². The van der Waals surface area contributed by atoms with Crippen LogP contribution in [0.3, 0.4) is 0 Å². The van der Waals surface area contributed by atoms with Gasteiger partial charge >= 0.3 is 0 Å². The molecule has 0 aliphatic rings. The van der Waals surface area contributed by atoms with E-state index in [1.165, 1.54) is 16.8 Å². The molecule has 0 spiro atoms. The zero-order valence-corrected chi connectivity index (χ0v) is 9.98. The molecule has 0 atom stereocenters. The number of hydrogen-bond acceptors (Lipinski definition) is 4. The molecule has 0 aliphatic heterocycles. The van der Waals surface area contributed by atoms with Crippen LogP contribution < -0.4 is 10.5 Å². The Labute approximate surface area is 99.1 Å². The van der Waals surface area contributed by atoms with Crippen LogP contribution in [0.2, 0.25) is 0 Å². The maximum Gasteiger partial charge on any atom is 0.263 e. The van der Waals surface area contributed by atoms with Gasteiger partial charge in [0, 0.05) is 25.0 Å². The van der Waals surface area contributed by atoms with E-state index in [0.29, 0.717) is 5.69 Å². The van der Waals surface area contributed by atoms with Crippen LogP contribution in [-0.2, 0) is 17.1 Å². The smallest absolute Gasteiger partial charge is 0.263 e. The Balaban J connectivity index is 2.31. The first kappa shape index (κ1) is 11.5. The van der Waals surface area contributed by atoms with Crippen LogP contribution in [0.4, 0.5) is 11.5 Å². The molecule has 2 rings (SSSR count). The Morgan fingerprint density at radius 3 is 2.71 bits per heavy atom. The summed E-state index contributed by atoms with van der Waals surface area (Å²) in [5.74, 6) is 0.273. The Morgan fingerprint density at radius 2 is 2.12 bits per heavy atom. The van der Waals surface area contributed by atoms with Crippen LogP contribution in [0.25, 0.3) is 0 Å². The number of rotatable bonds is 3. The number of anilines is 2. The molecule has 90 valence electrons. The first-order valence-electron chi connectivity index (χ1n) is 4.85. The SMILES string of the molecule is Cn1ccc(NS(=O)(=O)c2cccc(N)c2)n1. The molecule has 0 amide bonds. The summed E-state index contributed by atoms with van der Waals surface area (Å²) in [5.41, 5.74) is 5.94. The number of aryl methyl sites for hydroxylation is 1. The molecule has 1 heterocycles. The lowest BCUT2D eigenvalue weighted by Crippen LogP contribution is -2.13. The molecule has 7 heteroatoms. The summed E-state index contributed by atoms with van der Waals surface area (Å²) in [5, 5.41) is 3.94. The highest BCUT2D eigenvalue weighted by molar-refractivity contribution is 7.92. The highest BCUT2D eigenvalue weighted by Crippen LogP contribution is 2.16. The number of aromatic nitrogens is 2. The molecule has 2 aromatic rings. The van der Waals surface area contributed by atoms with Gasteiger partial charge in [0.2, 0.25) is 0 Å². The van der Waals surface area contributed by atoms with Crippen LogP contribution in [-0.4, -0.2) is 18.2 Å². The first-order valence-corrected chi connectivity index (χ1v) is 6.34. The molecule has 0 unspecified atom stereocenters. The maximum atomic E-state index is 11.9. The molecule has 0 saturated carbocycles. The van der Waals surface area contributed by atoms with Crippen LogP contribution in [0, 0.1) is 0 Å². The topological polar surface area (TPSA) is 90.0 Å². The van der Waals surface area contributed by atoms with Crippen molar-refractivity contribution in [2.75, 3.05) is 10.5 Å². The fourth-order valence-corrected chi connectivity index (χ4v) is 2.40. The number of nitrogens with one attached hydrogen (secondary N) is 1. The monoisotopic (exact) mass is 252 g/mol. The highest BCUT2D eigenvalue weighted by Gasteiger charge is 2.15. The fourth-order valence-electron chi connectivity index (χ4n) is 1.35. The predicted octanol–water partition coefficient (Wildman–Crippen LogP) is 0.803. The number of nitrogens with zero attached hydrogens (tertiary/aromatic N) is 2. The summed E-state index contributed by atoms with van der Waals surface area (Å²) in [6, 6.07) is 7.65. The van der Waals surface area contributed by atoms with E-state index in [1.807, 2.05) is 0 Å². The molecule has 1 aromatic heterocycles. The molecule has 0 fully saturated rings. The zero-order chi connectivity index (χ0) is 12.5. The molecular weight excluding hydrogens is 240 g/mol. The second kappa shape index (κ2) is 4.10. The van der Waals surface area contributed by atoms with Crippen molar-refractivity contribution >= 4 is 21.5 Å². The van der Waals surface area contributed by atoms with Gasteiger partial charge in [-0.15, -0.1) is 0 Å². The summed E-state index contributed by atoms with van der Waals surface area (Å²) in [6.07, 6.45) is 1.65. The largest absolute Gasteiger partial charge is 0.399 e. The fraction of sp³-hybridized carbons (Fsp3) is 0.100. The van der Waals surface area contributed by atoms with Gasteiger partial charge in [-0.1, -0.05) is 6.07 Å². The summed E-state index contributed by atoms with van der Waals surface area (Å²) in [4.78, 5) is 0.114. The molecule has 0 saturated heterocycles. The number of nitrogens with two attached hydrogens (primary N) is 1. The van der Waals surface area contributed by atoms with Gasteiger partial charge in [-0.2, -0.15) is 5.10 Å². The van der Waals surface area contributed by atoms with Crippen molar-refractivity contribution in [2.45, 2.75) is 4.90 Å². The van der Waals surface area contributed by atoms with Crippen molar-refractivity contribution in [1.29, 1.82) is 0 Å². The molecule has 0 aliphatic carbocycles. The molecular formula is C10H12N4O2S. The van der Waals surface area contributed by atoms with Crippen molar-refractivity contribution in [3.05, 3.63) is 36.5 Å². The minimum atomic E-state index is -3.63. The van der Waals surface area contributed by atoms with Gasteiger partial charge < -0.3 is 5.73 Å². The normalized spacial score (nSPS) is 11.4. The Kier molecular flexibility index (Phi) is 2.76. The molecule has 0 radical (unpaired) electrons. The van der Waals surface area contributed by atoms with Crippen molar-refractivity contribution in [3.63, 3.8) is 0 Å². The van der Waals surface area contributed by atoms with Gasteiger partial charge in [0.15, 0.2) is 5.82 Å². The van der Waals surface area contributed by atoms with Crippen LogP contribution in [0.1, 0.15) is 0 Å². The average molecular weight is 252 g/mol. The second-order valence-electron chi connectivity index (χ2n) is 3.55. The summed E-state index contributed by atoms with van der Waals surface area (Å²) in [6.45, 7) is 0. The van der Waals surface area contributed by atoms with Crippen LogP contribution in [0.5, 0.6) is 0 Å². The minimum Gasteiger partial charge on any atom is -0.399 e. The summed E-state index contributed by atoms with van der Waals surface area (Å²) in [7, 11) is -1.92. The van der Waals surface area contributed by atoms with Gasteiger partial charge in [-0.3, -0.25) is 9.40 Å². The quantitative estimate of drug-likeness (QED) is 0.791. The van der Waals surface area contributed by atoms with Gasteiger partial charge in [0.25, 0.3) is 10.0 Å². The van der Waals surface area contributed by atoms with Crippen molar-refractivity contribution in [1.82, 2.24) is 9.78 Å².